The van der Waals surface area contributed by atoms with Crippen molar-refractivity contribution in [2.45, 2.75) is 12.8 Å². The summed E-state index contributed by atoms with van der Waals surface area (Å²) in [6.45, 7) is 3.69. The fourth-order valence-corrected chi connectivity index (χ4v) is 1.16. The summed E-state index contributed by atoms with van der Waals surface area (Å²) in [5.74, 6) is 0. The molecule has 0 saturated heterocycles. The fraction of sp³-hybridized carbons (Fsp3) is 0.273. The summed E-state index contributed by atoms with van der Waals surface area (Å²) < 4.78 is 0. The van der Waals surface area contributed by atoms with Crippen molar-refractivity contribution < 1.29 is 0 Å². The van der Waals surface area contributed by atoms with Crippen molar-refractivity contribution in [2.24, 2.45) is 4.99 Å². The van der Waals surface area contributed by atoms with Crippen molar-refractivity contribution in [3.8, 4) is 0 Å². The minimum Gasteiger partial charge on any atom is -0.292 e. The topological polar surface area (TPSA) is 25.2 Å². The molecule has 0 aromatic carbocycles. The molecule has 1 aromatic rings. The molecule has 0 unspecified atom stereocenters. The van der Waals surface area contributed by atoms with Gasteiger partial charge in [-0.15, -0.1) is 6.58 Å². The van der Waals surface area contributed by atoms with Gasteiger partial charge >= 0.3 is 0 Å². The van der Waals surface area contributed by atoms with Gasteiger partial charge in [0.15, 0.2) is 0 Å². The smallest absolute Gasteiger partial charge is 0.0435 e. The van der Waals surface area contributed by atoms with Crippen molar-refractivity contribution in [1.29, 1.82) is 0 Å². The van der Waals surface area contributed by atoms with Crippen molar-refractivity contribution in [1.82, 2.24) is 4.98 Å². The van der Waals surface area contributed by atoms with Gasteiger partial charge in [-0.3, -0.25) is 9.98 Å². The lowest BCUT2D eigenvalue weighted by molar-refractivity contribution is 1.09. The Morgan fingerprint density at radius 3 is 3.08 bits per heavy atom. The second-order valence-electron chi connectivity index (χ2n) is 2.74. The predicted octanol–water partition coefficient (Wildman–Crippen LogP) is 2.47. The van der Waals surface area contributed by atoms with E-state index in [1.54, 1.807) is 6.20 Å². The third kappa shape index (κ3) is 2.82. The molecule has 0 saturated carbocycles. The average Bonchev–Trinajstić information content (AvgIpc) is 2.21. The first kappa shape index (κ1) is 9.65. The highest BCUT2D eigenvalue weighted by molar-refractivity contribution is 6.00. The molecular formula is C11H14N2. The lowest BCUT2D eigenvalue weighted by atomic mass is 10.1. The minimum absolute atomic E-state index is 0.936. The van der Waals surface area contributed by atoms with Crippen molar-refractivity contribution in [2.75, 3.05) is 7.05 Å². The number of nitrogens with zero attached hydrogens (tertiary/aromatic N) is 2. The molecule has 2 heteroatoms. The summed E-state index contributed by atoms with van der Waals surface area (Å²) in [6.07, 6.45) is 7.41. The Hall–Kier alpha value is -1.44. The predicted molar refractivity (Wildman–Crippen MR) is 56.1 cm³/mol. The quantitative estimate of drug-likeness (QED) is 0.508. The van der Waals surface area contributed by atoms with Crippen LogP contribution in [0.15, 0.2) is 42.2 Å². The van der Waals surface area contributed by atoms with Crippen LogP contribution in [-0.4, -0.2) is 17.7 Å². The number of pyridine rings is 1. The zero-order valence-electron chi connectivity index (χ0n) is 7.90. The Kier molecular flexibility index (Phi) is 3.89. The van der Waals surface area contributed by atoms with Crippen LogP contribution >= 0.6 is 0 Å². The maximum Gasteiger partial charge on any atom is 0.0435 e. The van der Waals surface area contributed by atoms with E-state index < -0.39 is 0 Å². The van der Waals surface area contributed by atoms with E-state index in [9.17, 15) is 0 Å². The zero-order chi connectivity index (χ0) is 9.52. The van der Waals surface area contributed by atoms with E-state index in [4.69, 9.17) is 0 Å². The van der Waals surface area contributed by atoms with Gasteiger partial charge in [-0.05, 0) is 18.9 Å². The van der Waals surface area contributed by atoms with Crippen LogP contribution in [0.1, 0.15) is 18.4 Å². The SMILES string of the molecule is C=CCCC(=NC)c1cccnc1. The van der Waals surface area contributed by atoms with E-state index in [1.807, 2.05) is 31.5 Å². The van der Waals surface area contributed by atoms with E-state index >= 15 is 0 Å². The number of hydrogen-bond acceptors (Lipinski definition) is 2. The lowest BCUT2D eigenvalue weighted by Crippen LogP contribution is -2.00. The molecule has 0 radical (unpaired) electrons. The van der Waals surface area contributed by atoms with Crippen LogP contribution < -0.4 is 0 Å². The first-order chi connectivity index (χ1) is 6.38. The van der Waals surface area contributed by atoms with Gasteiger partial charge < -0.3 is 0 Å². The summed E-state index contributed by atoms with van der Waals surface area (Å²) in [7, 11) is 1.81. The van der Waals surface area contributed by atoms with Crippen LogP contribution in [0.5, 0.6) is 0 Å². The largest absolute Gasteiger partial charge is 0.292 e. The molecule has 0 atom stereocenters. The first-order valence-electron chi connectivity index (χ1n) is 4.35. The van der Waals surface area contributed by atoms with Gasteiger partial charge in [-0.1, -0.05) is 12.1 Å². The molecule has 0 bridgehead atoms. The van der Waals surface area contributed by atoms with E-state index in [-0.39, 0.29) is 0 Å². The molecular weight excluding hydrogens is 160 g/mol. The number of aromatic nitrogens is 1. The Bertz CT molecular complexity index is 288. The molecule has 1 aromatic heterocycles. The van der Waals surface area contributed by atoms with Crippen molar-refractivity contribution >= 4 is 5.71 Å². The van der Waals surface area contributed by atoms with E-state index in [0.717, 1.165) is 24.1 Å². The maximum absolute atomic E-state index is 4.22. The number of rotatable bonds is 4. The molecule has 0 fully saturated rings. The first-order valence-corrected chi connectivity index (χ1v) is 4.35. The summed E-state index contributed by atoms with van der Waals surface area (Å²) in [5, 5.41) is 0. The highest BCUT2D eigenvalue weighted by Crippen LogP contribution is 2.04. The van der Waals surface area contributed by atoms with Crippen LogP contribution in [0.25, 0.3) is 0 Å². The molecule has 13 heavy (non-hydrogen) atoms. The van der Waals surface area contributed by atoms with Crippen molar-refractivity contribution in [3.05, 3.63) is 42.7 Å². The number of hydrogen-bond donors (Lipinski definition) is 0. The van der Waals surface area contributed by atoms with Gasteiger partial charge in [-0.25, -0.2) is 0 Å². The third-order valence-corrected chi connectivity index (χ3v) is 1.85. The van der Waals surface area contributed by atoms with Gasteiger partial charge in [0, 0.05) is 30.7 Å². The summed E-state index contributed by atoms with van der Waals surface area (Å²) in [5.41, 5.74) is 2.19. The Labute approximate surface area is 79.0 Å². The second-order valence-corrected chi connectivity index (χ2v) is 2.74. The minimum atomic E-state index is 0.936. The van der Waals surface area contributed by atoms with Crippen LogP contribution in [0, 0.1) is 0 Å². The molecule has 1 rings (SSSR count). The van der Waals surface area contributed by atoms with Crippen LogP contribution in [0.4, 0.5) is 0 Å². The van der Waals surface area contributed by atoms with E-state index in [1.165, 1.54) is 0 Å². The average molecular weight is 174 g/mol. The summed E-state index contributed by atoms with van der Waals surface area (Å²) >= 11 is 0. The fourth-order valence-electron chi connectivity index (χ4n) is 1.16. The van der Waals surface area contributed by atoms with E-state index in [0.29, 0.717) is 0 Å². The third-order valence-electron chi connectivity index (χ3n) is 1.85. The lowest BCUT2D eigenvalue weighted by Gasteiger charge is -2.02. The van der Waals surface area contributed by atoms with E-state index in [2.05, 4.69) is 16.6 Å². The Balaban J connectivity index is 2.74. The zero-order valence-corrected chi connectivity index (χ0v) is 7.90. The highest BCUT2D eigenvalue weighted by atomic mass is 14.7. The molecule has 2 nitrogen and oxygen atoms in total. The monoisotopic (exact) mass is 174 g/mol. The summed E-state index contributed by atoms with van der Waals surface area (Å²) in [4.78, 5) is 8.28. The molecule has 0 N–H and O–H groups in total. The second kappa shape index (κ2) is 5.25. The van der Waals surface area contributed by atoms with Crippen molar-refractivity contribution in [3.63, 3.8) is 0 Å². The number of aliphatic imine (C=N–C) groups is 1. The maximum atomic E-state index is 4.22. The molecule has 0 aliphatic heterocycles. The summed E-state index contributed by atoms with van der Waals surface area (Å²) in [6, 6.07) is 3.95. The molecule has 0 aliphatic carbocycles. The molecule has 1 heterocycles. The Morgan fingerprint density at radius 2 is 2.54 bits per heavy atom. The Morgan fingerprint density at radius 1 is 1.69 bits per heavy atom. The van der Waals surface area contributed by atoms with Gasteiger partial charge in [0.2, 0.25) is 0 Å². The molecule has 0 aliphatic rings. The normalized spacial score (nSPS) is 11.3. The number of allylic oxidation sites excluding steroid dienone is 1. The molecule has 0 amide bonds. The molecule has 68 valence electrons. The van der Waals surface area contributed by atoms with Gasteiger partial charge in [0.1, 0.15) is 0 Å². The highest BCUT2D eigenvalue weighted by Gasteiger charge is 1.99. The van der Waals surface area contributed by atoms with Crippen LogP contribution in [-0.2, 0) is 0 Å². The van der Waals surface area contributed by atoms with Gasteiger partial charge in [-0.2, -0.15) is 0 Å². The standard InChI is InChI=1S/C11H14N2/c1-3-4-7-11(12-2)10-6-5-8-13-9-10/h3,5-6,8-9H,1,4,7H2,2H3. The molecule has 0 spiro atoms. The van der Waals surface area contributed by atoms with Crippen LogP contribution in [0.3, 0.4) is 0 Å². The van der Waals surface area contributed by atoms with Crippen LogP contribution in [0.2, 0.25) is 0 Å². The van der Waals surface area contributed by atoms with Gasteiger partial charge in [0.05, 0.1) is 0 Å². The van der Waals surface area contributed by atoms with Gasteiger partial charge in [0.25, 0.3) is 0 Å².